The van der Waals surface area contributed by atoms with Crippen LogP contribution in [-0.2, 0) is 0 Å². The van der Waals surface area contributed by atoms with Crippen LogP contribution < -0.4 is 5.32 Å². The molecule has 0 spiro atoms. The van der Waals surface area contributed by atoms with Gasteiger partial charge in [0.2, 0.25) is 5.95 Å². The molecular weight excluding hydrogens is 282 g/mol. The van der Waals surface area contributed by atoms with Crippen LogP contribution >= 0.6 is 0 Å². The van der Waals surface area contributed by atoms with Crippen molar-refractivity contribution >= 4 is 11.6 Å². The molecule has 1 aromatic carbocycles. The van der Waals surface area contributed by atoms with Crippen molar-refractivity contribution in [2.75, 3.05) is 11.9 Å². The molecule has 0 fully saturated rings. The lowest BCUT2D eigenvalue weighted by Crippen LogP contribution is -2.08. The topological polar surface area (TPSA) is 81.0 Å². The molecule has 0 radical (unpaired) electrons. The first-order valence-electron chi connectivity index (χ1n) is 6.16. The number of aromatic nitrogens is 2. The first-order valence-corrected chi connectivity index (χ1v) is 6.16. The summed E-state index contributed by atoms with van der Waals surface area (Å²) in [5.74, 6) is -1.37. The van der Waals surface area contributed by atoms with Crippen molar-refractivity contribution in [2.24, 2.45) is 0 Å². The summed E-state index contributed by atoms with van der Waals surface area (Å²) in [7, 11) is 0. The van der Waals surface area contributed by atoms with E-state index in [0.29, 0.717) is 6.54 Å². The van der Waals surface area contributed by atoms with Crippen molar-refractivity contribution in [2.45, 2.75) is 13.8 Å². The van der Waals surface area contributed by atoms with Crippen LogP contribution in [0.25, 0.3) is 11.3 Å². The molecule has 0 aliphatic heterocycles. The molecule has 0 saturated carbocycles. The molecule has 0 amide bonds. The summed E-state index contributed by atoms with van der Waals surface area (Å²) in [6.07, 6.45) is 0. The molecule has 0 atom stereocenters. The molecular formula is C13H12F2N4O2. The molecule has 21 heavy (non-hydrogen) atoms. The number of hydrogen-bond donors (Lipinski definition) is 1. The van der Waals surface area contributed by atoms with Gasteiger partial charge in [0.1, 0.15) is 17.3 Å². The summed E-state index contributed by atoms with van der Waals surface area (Å²) >= 11 is 0. The summed E-state index contributed by atoms with van der Waals surface area (Å²) in [6, 6.07) is 2.71. The Hall–Kier alpha value is -2.64. The van der Waals surface area contributed by atoms with Gasteiger partial charge in [-0.1, -0.05) is 0 Å². The van der Waals surface area contributed by atoms with E-state index < -0.39 is 22.2 Å². The number of nitrogens with zero attached hydrogens (tertiary/aromatic N) is 3. The van der Waals surface area contributed by atoms with E-state index in [9.17, 15) is 18.9 Å². The Balaban J connectivity index is 2.75. The second kappa shape index (κ2) is 5.78. The second-order valence-electron chi connectivity index (χ2n) is 4.24. The van der Waals surface area contributed by atoms with Crippen molar-refractivity contribution in [3.05, 3.63) is 45.6 Å². The number of anilines is 1. The number of nitrogens with one attached hydrogen (secondary N) is 1. The maximum atomic E-state index is 13.9. The van der Waals surface area contributed by atoms with E-state index >= 15 is 0 Å². The normalized spacial score (nSPS) is 10.5. The van der Waals surface area contributed by atoms with Gasteiger partial charge in [0.25, 0.3) is 0 Å². The number of hydrogen-bond acceptors (Lipinski definition) is 5. The van der Waals surface area contributed by atoms with Crippen LogP contribution in [0.2, 0.25) is 0 Å². The van der Waals surface area contributed by atoms with Crippen LogP contribution in [0.5, 0.6) is 0 Å². The van der Waals surface area contributed by atoms with E-state index in [-0.39, 0.29) is 22.9 Å². The fourth-order valence-electron chi connectivity index (χ4n) is 1.89. The highest BCUT2D eigenvalue weighted by molar-refractivity contribution is 5.72. The van der Waals surface area contributed by atoms with Crippen molar-refractivity contribution in [1.82, 2.24) is 9.97 Å². The first kappa shape index (κ1) is 14.8. The number of benzene rings is 1. The second-order valence-corrected chi connectivity index (χ2v) is 4.24. The molecule has 110 valence electrons. The summed E-state index contributed by atoms with van der Waals surface area (Å²) in [6.45, 7) is 3.70. The van der Waals surface area contributed by atoms with E-state index in [4.69, 9.17) is 0 Å². The van der Waals surface area contributed by atoms with Crippen LogP contribution in [0.15, 0.2) is 18.2 Å². The third-order valence-corrected chi connectivity index (χ3v) is 2.76. The number of rotatable bonds is 4. The zero-order chi connectivity index (χ0) is 15.6. The predicted octanol–water partition coefficient (Wildman–Crippen LogP) is 3.07. The van der Waals surface area contributed by atoms with Crippen molar-refractivity contribution < 1.29 is 13.7 Å². The molecule has 0 saturated heterocycles. The van der Waals surface area contributed by atoms with Gasteiger partial charge in [-0.05, 0) is 32.0 Å². The van der Waals surface area contributed by atoms with Crippen molar-refractivity contribution in [3.8, 4) is 11.3 Å². The lowest BCUT2D eigenvalue weighted by Gasteiger charge is -2.09. The Morgan fingerprint density at radius 3 is 2.67 bits per heavy atom. The minimum absolute atomic E-state index is 0.0737. The van der Waals surface area contributed by atoms with E-state index in [1.807, 2.05) is 0 Å². The lowest BCUT2D eigenvalue weighted by molar-refractivity contribution is -0.385. The van der Waals surface area contributed by atoms with Gasteiger partial charge in [-0.15, -0.1) is 0 Å². The molecule has 2 aromatic rings. The minimum Gasteiger partial charge on any atom is -0.354 e. The van der Waals surface area contributed by atoms with Crippen molar-refractivity contribution in [1.29, 1.82) is 0 Å². The molecule has 1 heterocycles. The smallest absolute Gasteiger partial charge is 0.316 e. The highest BCUT2D eigenvalue weighted by Gasteiger charge is 2.25. The van der Waals surface area contributed by atoms with Crippen LogP contribution in [0, 0.1) is 28.7 Å². The average Bonchev–Trinajstić information content (AvgIpc) is 2.40. The lowest BCUT2D eigenvalue weighted by atomic mass is 10.1. The molecule has 1 N–H and O–H groups in total. The summed E-state index contributed by atoms with van der Waals surface area (Å²) in [4.78, 5) is 18.4. The van der Waals surface area contributed by atoms with Crippen LogP contribution in [0.4, 0.5) is 20.4 Å². The highest BCUT2D eigenvalue weighted by Crippen LogP contribution is 2.33. The fourth-order valence-corrected chi connectivity index (χ4v) is 1.89. The first-order chi connectivity index (χ1) is 9.93. The van der Waals surface area contributed by atoms with Crippen LogP contribution in [0.1, 0.15) is 12.6 Å². The number of nitro groups is 1. The molecule has 2 rings (SSSR count). The largest absolute Gasteiger partial charge is 0.354 e. The highest BCUT2D eigenvalue weighted by atomic mass is 19.1. The Morgan fingerprint density at radius 1 is 1.33 bits per heavy atom. The van der Waals surface area contributed by atoms with Gasteiger partial charge in [-0.3, -0.25) is 10.1 Å². The van der Waals surface area contributed by atoms with Gasteiger partial charge < -0.3 is 5.32 Å². The van der Waals surface area contributed by atoms with Crippen molar-refractivity contribution in [3.63, 3.8) is 0 Å². The minimum atomic E-state index is -0.792. The standard InChI is InChI=1S/C13H12F2N4O2/c1-3-16-13-17-7(2)12(19(20)21)11(18-13)9-6-8(14)4-5-10(9)15/h4-6H,3H2,1-2H3,(H,16,17,18). The summed E-state index contributed by atoms with van der Waals surface area (Å²) in [5.41, 5.74) is -0.891. The zero-order valence-electron chi connectivity index (χ0n) is 11.4. The molecule has 0 aliphatic rings. The van der Waals surface area contributed by atoms with Gasteiger partial charge in [0, 0.05) is 12.1 Å². The summed E-state index contributed by atoms with van der Waals surface area (Å²) in [5, 5.41) is 14.0. The zero-order valence-corrected chi connectivity index (χ0v) is 11.4. The van der Waals surface area contributed by atoms with Gasteiger partial charge in [-0.25, -0.2) is 18.7 Å². The Bertz CT molecular complexity index is 707. The van der Waals surface area contributed by atoms with Gasteiger partial charge in [0.15, 0.2) is 5.69 Å². The Kier molecular flexibility index (Phi) is 4.06. The Labute approximate surface area is 119 Å². The molecule has 8 heteroatoms. The quantitative estimate of drug-likeness (QED) is 0.692. The van der Waals surface area contributed by atoms with Crippen LogP contribution in [0.3, 0.4) is 0 Å². The predicted molar refractivity (Wildman–Crippen MR) is 72.9 cm³/mol. The third kappa shape index (κ3) is 2.93. The number of halogens is 2. The van der Waals surface area contributed by atoms with E-state index in [0.717, 1.165) is 18.2 Å². The van der Waals surface area contributed by atoms with Gasteiger partial charge >= 0.3 is 5.69 Å². The monoisotopic (exact) mass is 294 g/mol. The summed E-state index contributed by atoms with van der Waals surface area (Å²) < 4.78 is 27.2. The molecule has 0 bridgehead atoms. The molecule has 1 aromatic heterocycles. The maximum Gasteiger partial charge on any atom is 0.316 e. The van der Waals surface area contributed by atoms with Gasteiger partial charge in [0.05, 0.1) is 4.92 Å². The third-order valence-electron chi connectivity index (χ3n) is 2.76. The molecule has 0 aliphatic carbocycles. The van der Waals surface area contributed by atoms with E-state index in [1.165, 1.54) is 6.92 Å². The SMILES string of the molecule is CCNc1nc(C)c([N+](=O)[O-])c(-c2cc(F)ccc2F)n1. The fraction of sp³-hybridized carbons (Fsp3) is 0.231. The van der Waals surface area contributed by atoms with E-state index in [2.05, 4.69) is 15.3 Å². The molecule has 0 unspecified atom stereocenters. The van der Waals surface area contributed by atoms with E-state index in [1.54, 1.807) is 6.92 Å². The number of aryl methyl sites for hydroxylation is 1. The molecule has 6 nitrogen and oxygen atoms in total. The Morgan fingerprint density at radius 2 is 2.05 bits per heavy atom. The van der Waals surface area contributed by atoms with Gasteiger partial charge in [-0.2, -0.15) is 0 Å². The maximum absolute atomic E-state index is 13.9. The average molecular weight is 294 g/mol. The van der Waals surface area contributed by atoms with Crippen LogP contribution in [-0.4, -0.2) is 21.4 Å².